The summed E-state index contributed by atoms with van der Waals surface area (Å²) in [6.07, 6.45) is 3.73. The highest BCUT2D eigenvalue weighted by molar-refractivity contribution is 5.80. The summed E-state index contributed by atoms with van der Waals surface area (Å²) in [5, 5.41) is 11.3. The lowest BCUT2D eigenvalue weighted by molar-refractivity contribution is -0.138. The fourth-order valence-electron chi connectivity index (χ4n) is 2.73. The second-order valence-electron chi connectivity index (χ2n) is 6.07. The van der Waals surface area contributed by atoms with Crippen LogP contribution in [0.15, 0.2) is 24.3 Å². The zero-order chi connectivity index (χ0) is 17.2. The molecule has 0 atom stereocenters. The van der Waals surface area contributed by atoms with E-state index in [-0.39, 0.29) is 18.7 Å². The molecule has 1 aliphatic heterocycles. The molecule has 132 valence electrons. The Hall–Kier alpha value is -2.08. The van der Waals surface area contributed by atoms with Crippen LogP contribution in [0, 0.1) is 0 Å². The summed E-state index contributed by atoms with van der Waals surface area (Å²) in [5.74, 6) is -0.424. The molecule has 0 saturated carbocycles. The fraction of sp³-hybridized carbons (Fsp3) is 0.556. The SMILES string of the molecule is O=C(O)CCC(=O)NCc1cccc(OCCN2CCCCC2)c1. The first-order chi connectivity index (χ1) is 11.6. The van der Waals surface area contributed by atoms with Crippen LogP contribution >= 0.6 is 0 Å². The van der Waals surface area contributed by atoms with Gasteiger partial charge in [-0.3, -0.25) is 14.5 Å². The average molecular weight is 334 g/mol. The van der Waals surface area contributed by atoms with Crippen molar-refractivity contribution < 1.29 is 19.4 Å². The summed E-state index contributed by atoms with van der Waals surface area (Å²) in [6, 6.07) is 7.63. The Labute approximate surface area is 142 Å². The van der Waals surface area contributed by atoms with E-state index >= 15 is 0 Å². The maximum atomic E-state index is 11.5. The summed E-state index contributed by atoms with van der Waals surface area (Å²) in [5.41, 5.74) is 0.939. The Morgan fingerprint density at radius 2 is 1.96 bits per heavy atom. The highest BCUT2D eigenvalue weighted by Crippen LogP contribution is 2.14. The van der Waals surface area contributed by atoms with Crippen LogP contribution in [0.1, 0.15) is 37.7 Å². The molecule has 1 aliphatic rings. The number of nitrogens with zero attached hydrogens (tertiary/aromatic N) is 1. The van der Waals surface area contributed by atoms with Crippen molar-refractivity contribution in [1.82, 2.24) is 10.2 Å². The van der Waals surface area contributed by atoms with Crippen LogP contribution in [0.3, 0.4) is 0 Å². The van der Waals surface area contributed by atoms with Gasteiger partial charge >= 0.3 is 5.97 Å². The summed E-state index contributed by atoms with van der Waals surface area (Å²) >= 11 is 0. The van der Waals surface area contributed by atoms with Crippen LogP contribution in [0.25, 0.3) is 0 Å². The Morgan fingerprint density at radius 1 is 1.17 bits per heavy atom. The fourth-order valence-corrected chi connectivity index (χ4v) is 2.73. The first-order valence-electron chi connectivity index (χ1n) is 8.56. The second-order valence-corrected chi connectivity index (χ2v) is 6.07. The molecule has 1 heterocycles. The van der Waals surface area contributed by atoms with Gasteiger partial charge in [0.2, 0.25) is 5.91 Å². The van der Waals surface area contributed by atoms with E-state index in [0.29, 0.717) is 13.2 Å². The van der Waals surface area contributed by atoms with E-state index in [1.165, 1.54) is 19.3 Å². The number of benzene rings is 1. The number of hydrogen-bond acceptors (Lipinski definition) is 4. The topological polar surface area (TPSA) is 78.9 Å². The maximum Gasteiger partial charge on any atom is 0.303 e. The predicted molar refractivity (Wildman–Crippen MR) is 90.9 cm³/mol. The van der Waals surface area contributed by atoms with E-state index in [4.69, 9.17) is 9.84 Å². The molecule has 0 bridgehead atoms. The predicted octanol–water partition coefficient (Wildman–Crippen LogP) is 2.03. The number of ether oxygens (including phenoxy) is 1. The molecule has 24 heavy (non-hydrogen) atoms. The Kier molecular flexibility index (Phi) is 7.55. The molecule has 0 spiro atoms. The third-order valence-electron chi connectivity index (χ3n) is 4.08. The van der Waals surface area contributed by atoms with Gasteiger partial charge in [0.1, 0.15) is 12.4 Å². The standard InChI is InChI=1S/C18H26N2O4/c21-17(7-8-18(22)23)19-14-15-5-4-6-16(13-15)24-12-11-20-9-2-1-3-10-20/h4-6,13H,1-3,7-12,14H2,(H,19,21)(H,22,23). The molecule has 2 N–H and O–H groups in total. The first kappa shape index (κ1) is 18.3. The van der Waals surface area contributed by atoms with Gasteiger partial charge in [-0.25, -0.2) is 0 Å². The molecule has 6 heteroatoms. The normalized spacial score (nSPS) is 15.0. The Morgan fingerprint density at radius 3 is 2.71 bits per heavy atom. The number of piperidine rings is 1. The molecule has 1 fully saturated rings. The van der Waals surface area contributed by atoms with Gasteiger partial charge in [0, 0.05) is 19.5 Å². The number of likely N-dealkylation sites (tertiary alicyclic amines) is 1. The number of carboxylic acid groups (broad SMARTS) is 1. The Balaban J connectivity index is 1.70. The van der Waals surface area contributed by atoms with Gasteiger partial charge in [-0.2, -0.15) is 0 Å². The molecular formula is C18H26N2O4. The second kappa shape index (κ2) is 9.93. The number of rotatable bonds is 9. The van der Waals surface area contributed by atoms with Gasteiger partial charge < -0.3 is 15.2 Å². The van der Waals surface area contributed by atoms with Crippen LogP contribution in [0.4, 0.5) is 0 Å². The van der Waals surface area contributed by atoms with Gasteiger partial charge in [0.05, 0.1) is 6.42 Å². The van der Waals surface area contributed by atoms with E-state index in [0.717, 1.165) is 30.9 Å². The lowest BCUT2D eigenvalue weighted by Gasteiger charge is -2.26. The minimum Gasteiger partial charge on any atom is -0.492 e. The molecule has 1 saturated heterocycles. The third-order valence-corrected chi connectivity index (χ3v) is 4.08. The molecule has 0 unspecified atom stereocenters. The number of aliphatic carboxylic acids is 1. The minimum absolute atomic E-state index is 0.00135. The number of nitrogens with one attached hydrogen (secondary N) is 1. The van der Waals surface area contributed by atoms with Crippen molar-refractivity contribution in [3.8, 4) is 5.75 Å². The summed E-state index contributed by atoms with van der Waals surface area (Å²) in [4.78, 5) is 24.4. The lowest BCUT2D eigenvalue weighted by Crippen LogP contribution is -2.33. The van der Waals surface area contributed by atoms with Crippen LogP contribution in [0.2, 0.25) is 0 Å². The quantitative estimate of drug-likeness (QED) is 0.722. The number of carboxylic acids is 1. The highest BCUT2D eigenvalue weighted by Gasteiger charge is 2.09. The number of carbonyl (C=O) groups is 2. The van der Waals surface area contributed by atoms with E-state index in [2.05, 4.69) is 10.2 Å². The van der Waals surface area contributed by atoms with Crippen molar-refractivity contribution in [2.45, 2.75) is 38.6 Å². The summed E-state index contributed by atoms with van der Waals surface area (Å²) in [7, 11) is 0. The van der Waals surface area contributed by atoms with E-state index in [1.54, 1.807) is 0 Å². The molecule has 6 nitrogen and oxygen atoms in total. The van der Waals surface area contributed by atoms with Crippen LogP contribution < -0.4 is 10.1 Å². The lowest BCUT2D eigenvalue weighted by atomic mass is 10.1. The molecule has 0 aromatic heterocycles. The minimum atomic E-state index is -0.964. The van der Waals surface area contributed by atoms with E-state index in [1.807, 2.05) is 24.3 Å². The van der Waals surface area contributed by atoms with Crippen molar-refractivity contribution in [2.75, 3.05) is 26.2 Å². The van der Waals surface area contributed by atoms with Crippen molar-refractivity contribution in [2.24, 2.45) is 0 Å². The smallest absolute Gasteiger partial charge is 0.303 e. The highest BCUT2D eigenvalue weighted by atomic mass is 16.5. The number of amides is 1. The average Bonchev–Trinajstić information content (AvgIpc) is 2.59. The molecule has 2 rings (SSSR count). The zero-order valence-corrected chi connectivity index (χ0v) is 14.0. The molecule has 0 aliphatic carbocycles. The maximum absolute atomic E-state index is 11.5. The number of carbonyl (C=O) groups excluding carboxylic acids is 1. The van der Waals surface area contributed by atoms with Crippen molar-refractivity contribution in [3.63, 3.8) is 0 Å². The largest absolute Gasteiger partial charge is 0.492 e. The van der Waals surface area contributed by atoms with Gasteiger partial charge in [-0.15, -0.1) is 0 Å². The monoisotopic (exact) mass is 334 g/mol. The van der Waals surface area contributed by atoms with Gasteiger partial charge in [-0.05, 0) is 43.6 Å². The molecule has 0 radical (unpaired) electrons. The van der Waals surface area contributed by atoms with Crippen molar-refractivity contribution >= 4 is 11.9 Å². The summed E-state index contributed by atoms with van der Waals surface area (Å²) in [6.45, 7) is 4.30. The summed E-state index contributed by atoms with van der Waals surface area (Å²) < 4.78 is 5.80. The van der Waals surface area contributed by atoms with Gasteiger partial charge in [0.15, 0.2) is 0 Å². The Bertz CT molecular complexity index is 542. The zero-order valence-electron chi connectivity index (χ0n) is 14.0. The van der Waals surface area contributed by atoms with E-state index < -0.39 is 5.97 Å². The van der Waals surface area contributed by atoms with Crippen molar-refractivity contribution in [3.05, 3.63) is 29.8 Å². The van der Waals surface area contributed by atoms with Crippen molar-refractivity contribution in [1.29, 1.82) is 0 Å². The van der Waals surface area contributed by atoms with Crippen LogP contribution in [-0.2, 0) is 16.1 Å². The molecular weight excluding hydrogens is 308 g/mol. The van der Waals surface area contributed by atoms with Crippen LogP contribution in [0.5, 0.6) is 5.75 Å². The third kappa shape index (κ3) is 7.00. The molecule has 1 aromatic carbocycles. The van der Waals surface area contributed by atoms with Gasteiger partial charge in [0.25, 0.3) is 0 Å². The van der Waals surface area contributed by atoms with E-state index in [9.17, 15) is 9.59 Å². The molecule has 1 amide bonds. The van der Waals surface area contributed by atoms with Gasteiger partial charge in [-0.1, -0.05) is 18.6 Å². The van der Waals surface area contributed by atoms with Crippen LogP contribution in [-0.4, -0.2) is 48.1 Å². The number of hydrogen-bond donors (Lipinski definition) is 2. The first-order valence-corrected chi connectivity index (χ1v) is 8.56. The molecule has 1 aromatic rings.